The van der Waals surface area contributed by atoms with Gasteiger partial charge < -0.3 is 10.1 Å². The lowest BCUT2D eigenvalue weighted by Gasteiger charge is -2.24. The molecule has 1 N–H and O–H groups in total. The van der Waals surface area contributed by atoms with E-state index in [-0.39, 0.29) is 12.1 Å². The second kappa shape index (κ2) is 3.24. The van der Waals surface area contributed by atoms with Gasteiger partial charge in [-0.25, -0.2) is 4.79 Å². The van der Waals surface area contributed by atoms with Gasteiger partial charge in [-0.05, 0) is 26.3 Å². The highest BCUT2D eigenvalue weighted by molar-refractivity contribution is 5.72. The summed E-state index contributed by atoms with van der Waals surface area (Å²) < 4.78 is 5.11. The normalized spacial score (nSPS) is 26.5. The molecule has 3 heteroatoms. The summed E-state index contributed by atoms with van der Waals surface area (Å²) in [5.41, 5.74) is 0.489. The maximum absolute atomic E-state index is 11.0. The number of allylic oxidation sites excluding steroid dienone is 1. The van der Waals surface area contributed by atoms with Crippen LogP contribution in [-0.2, 0) is 4.74 Å². The van der Waals surface area contributed by atoms with Gasteiger partial charge in [0.05, 0.1) is 6.04 Å². The molecule has 0 unspecified atom stereocenters. The number of hydrogen-bond acceptors (Lipinski definition) is 2. The number of ether oxygens (including phenoxy) is 1. The largest absolute Gasteiger partial charge is 0.441 e. The lowest BCUT2D eigenvalue weighted by atomic mass is 9.92. The minimum absolute atomic E-state index is 0.0949. The average molecular weight is 181 g/mol. The summed E-state index contributed by atoms with van der Waals surface area (Å²) in [6.45, 7) is 9.36. The van der Waals surface area contributed by atoms with Crippen LogP contribution in [0.15, 0.2) is 24.3 Å². The molecule has 0 aromatic heterocycles. The van der Waals surface area contributed by atoms with Crippen LogP contribution >= 0.6 is 0 Å². The van der Waals surface area contributed by atoms with Crippen LogP contribution in [-0.4, -0.2) is 17.7 Å². The van der Waals surface area contributed by atoms with Crippen LogP contribution in [0.2, 0.25) is 0 Å². The minimum atomic E-state index is -0.493. The Bertz CT molecular complexity index is 266. The number of nitrogens with one attached hydrogen (secondary N) is 1. The molecule has 1 rings (SSSR count). The van der Waals surface area contributed by atoms with E-state index in [1.807, 2.05) is 26.8 Å². The van der Waals surface area contributed by atoms with Gasteiger partial charge in [-0.15, -0.1) is 0 Å². The molecule has 1 aliphatic rings. The van der Waals surface area contributed by atoms with Gasteiger partial charge >= 0.3 is 6.09 Å². The number of alkyl carbamates (subject to hydrolysis) is 1. The van der Waals surface area contributed by atoms with Gasteiger partial charge in [-0.1, -0.05) is 18.7 Å². The van der Waals surface area contributed by atoms with E-state index in [0.29, 0.717) is 0 Å². The summed E-state index contributed by atoms with van der Waals surface area (Å²) >= 11 is 0. The van der Waals surface area contributed by atoms with Crippen LogP contribution in [0.4, 0.5) is 4.79 Å². The van der Waals surface area contributed by atoms with E-state index in [1.54, 1.807) is 6.08 Å². The van der Waals surface area contributed by atoms with Crippen molar-refractivity contribution in [2.45, 2.75) is 32.4 Å². The molecule has 1 saturated heterocycles. The average Bonchev–Trinajstić information content (AvgIpc) is 2.28. The van der Waals surface area contributed by atoms with E-state index < -0.39 is 5.60 Å². The Labute approximate surface area is 78.5 Å². The third-order valence-electron chi connectivity index (χ3n) is 2.22. The molecule has 0 radical (unpaired) electrons. The summed E-state index contributed by atoms with van der Waals surface area (Å²) in [7, 11) is 0. The SMILES string of the molecule is C=C/C(=C\C)[C@@H]1NC(=O)OC1(C)C. The van der Waals surface area contributed by atoms with Crippen molar-refractivity contribution in [3.63, 3.8) is 0 Å². The summed E-state index contributed by atoms with van der Waals surface area (Å²) in [4.78, 5) is 11.0. The fourth-order valence-corrected chi connectivity index (χ4v) is 1.51. The molecule has 1 heterocycles. The fourth-order valence-electron chi connectivity index (χ4n) is 1.51. The number of carbonyl (C=O) groups excluding carboxylic acids is 1. The Kier molecular flexibility index (Phi) is 2.45. The number of rotatable bonds is 2. The predicted octanol–water partition coefficient (Wildman–Crippen LogP) is 2.01. The zero-order valence-corrected chi connectivity index (χ0v) is 8.26. The highest BCUT2D eigenvalue weighted by Crippen LogP contribution is 2.26. The number of amides is 1. The van der Waals surface area contributed by atoms with E-state index in [4.69, 9.17) is 4.74 Å². The molecule has 0 spiro atoms. The number of hydrogen-bond donors (Lipinski definition) is 1. The highest BCUT2D eigenvalue weighted by Gasteiger charge is 2.42. The zero-order chi connectivity index (χ0) is 10.1. The second-order valence-corrected chi connectivity index (χ2v) is 3.56. The smallest absolute Gasteiger partial charge is 0.408 e. The first kappa shape index (κ1) is 9.84. The molecule has 1 fully saturated rings. The Morgan fingerprint density at radius 1 is 1.69 bits per heavy atom. The van der Waals surface area contributed by atoms with Crippen molar-refractivity contribution in [3.05, 3.63) is 24.3 Å². The molecule has 0 aromatic carbocycles. The van der Waals surface area contributed by atoms with Gasteiger partial charge in [-0.3, -0.25) is 0 Å². The van der Waals surface area contributed by atoms with Crippen LogP contribution in [0.25, 0.3) is 0 Å². The van der Waals surface area contributed by atoms with Gasteiger partial charge in [0, 0.05) is 0 Å². The molecule has 1 aliphatic heterocycles. The third-order valence-corrected chi connectivity index (χ3v) is 2.22. The lowest BCUT2D eigenvalue weighted by Crippen LogP contribution is -2.39. The van der Waals surface area contributed by atoms with Crippen LogP contribution < -0.4 is 5.32 Å². The number of cyclic esters (lactones) is 1. The molecule has 0 aromatic rings. The molecule has 72 valence electrons. The first-order valence-electron chi connectivity index (χ1n) is 4.29. The molecule has 1 atom stereocenters. The Balaban J connectivity index is 2.92. The second-order valence-electron chi connectivity index (χ2n) is 3.56. The van der Waals surface area contributed by atoms with Crippen LogP contribution in [0, 0.1) is 0 Å². The van der Waals surface area contributed by atoms with Gasteiger partial charge in [-0.2, -0.15) is 0 Å². The molecule has 13 heavy (non-hydrogen) atoms. The van der Waals surface area contributed by atoms with Crippen molar-refractivity contribution in [2.75, 3.05) is 0 Å². The fraction of sp³-hybridized carbons (Fsp3) is 0.500. The van der Waals surface area contributed by atoms with Crippen LogP contribution in [0.3, 0.4) is 0 Å². The first-order valence-corrected chi connectivity index (χ1v) is 4.29. The first-order chi connectivity index (χ1) is 6.01. The van der Waals surface area contributed by atoms with Gasteiger partial charge in [0.2, 0.25) is 0 Å². The summed E-state index contributed by atoms with van der Waals surface area (Å²) in [6, 6.07) is -0.0949. The quantitative estimate of drug-likeness (QED) is 0.662. The summed E-state index contributed by atoms with van der Waals surface area (Å²) in [5, 5.41) is 2.75. The van der Waals surface area contributed by atoms with Crippen molar-refractivity contribution in [3.8, 4) is 0 Å². The maximum Gasteiger partial charge on any atom is 0.408 e. The Morgan fingerprint density at radius 2 is 2.31 bits per heavy atom. The molecular formula is C10H15NO2. The van der Waals surface area contributed by atoms with E-state index >= 15 is 0 Å². The van der Waals surface area contributed by atoms with Gasteiger partial charge in [0.1, 0.15) is 5.60 Å². The van der Waals surface area contributed by atoms with Crippen molar-refractivity contribution < 1.29 is 9.53 Å². The zero-order valence-electron chi connectivity index (χ0n) is 8.26. The molecular weight excluding hydrogens is 166 g/mol. The lowest BCUT2D eigenvalue weighted by molar-refractivity contribution is 0.0752. The Morgan fingerprint density at radius 3 is 2.62 bits per heavy atom. The van der Waals surface area contributed by atoms with Gasteiger partial charge in [0.25, 0.3) is 0 Å². The van der Waals surface area contributed by atoms with Crippen molar-refractivity contribution >= 4 is 6.09 Å². The van der Waals surface area contributed by atoms with Crippen molar-refractivity contribution in [1.82, 2.24) is 5.32 Å². The van der Waals surface area contributed by atoms with E-state index in [1.165, 1.54) is 0 Å². The van der Waals surface area contributed by atoms with E-state index in [2.05, 4.69) is 11.9 Å². The van der Waals surface area contributed by atoms with E-state index in [9.17, 15) is 4.79 Å². The molecule has 3 nitrogen and oxygen atoms in total. The van der Waals surface area contributed by atoms with Crippen molar-refractivity contribution in [2.24, 2.45) is 0 Å². The predicted molar refractivity (Wildman–Crippen MR) is 51.4 cm³/mol. The molecule has 0 saturated carbocycles. The van der Waals surface area contributed by atoms with Gasteiger partial charge in [0.15, 0.2) is 0 Å². The topological polar surface area (TPSA) is 38.3 Å². The molecule has 1 amide bonds. The maximum atomic E-state index is 11.0. The molecule has 0 bridgehead atoms. The van der Waals surface area contributed by atoms with Crippen LogP contribution in [0.5, 0.6) is 0 Å². The molecule has 0 aliphatic carbocycles. The van der Waals surface area contributed by atoms with Crippen molar-refractivity contribution in [1.29, 1.82) is 0 Å². The Hall–Kier alpha value is -1.25. The summed E-state index contributed by atoms with van der Waals surface area (Å²) in [5.74, 6) is 0. The number of carbonyl (C=O) groups is 1. The monoisotopic (exact) mass is 181 g/mol. The third kappa shape index (κ3) is 1.74. The highest BCUT2D eigenvalue weighted by atomic mass is 16.6. The van der Waals surface area contributed by atoms with E-state index in [0.717, 1.165) is 5.57 Å². The summed E-state index contributed by atoms with van der Waals surface area (Å²) in [6.07, 6.45) is 3.30. The standard InChI is InChI=1S/C10H15NO2/c1-5-7(6-2)8-10(3,4)13-9(12)11-8/h5-6,8H,1H2,2-4H3,(H,11,12)/b7-6+/t8-/m0/s1. The minimum Gasteiger partial charge on any atom is -0.441 e. The van der Waals surface area contributed by atoms with Crippen LogP contribution in [0.1, 0.15) is 20.8 Å².